The minimum Gasteiger partial charge on any atom is -0.322 e. The molecule has 0 spiro atoms. The van der Waals surface area contributed by atoms with Crippen LogP contribution in [0.25, 0.3) is 10.9 Å². The van der Waals surface area contributed by atoms with Crippen LogP contribution in [0.15, 0.2) is 53.3 Å². The number of rotatable bonds is 4. The number of fused-ring (bicyclic) bond motifs is 1. The van der Waals surface area contributed by atoms with E-state index in [0.29, 0.717) is 25.1 Å². The van der Waals surface area contributed by atoms with Gasteiger partial charge in [-0.05, 0) is 55.1 Å². The van der Waals surface area contributed by atoms with E-state index in [1.807, 2.05) is 35.2 Å². The molecule has 28 heavy (non-hydrogen) atoms. The molecule has 3 aromatic rings. The lowest BCUT2D eigenvalue weighted by Gasteiger charge is -2.31. The monoisotopic (exact) mass is 382 g/mol. The second-order valence-corrected chi connectivity index (χ2v) is 7.27. The van der Waals surface area contributed by atoms with Gasteiger partial charge in [0, 0.05) is 30.1 Å². The maximum absolute atomic E-state index is 14.0. The van der Waals surface area contributed by atoms with Crippen molar-refractivity contribution >= 4 is 16.7 Å². The molecule has 2 aromatic carbocycles. The number of carbonyl (C=O) groups excluding carboxylic acids is 1. The first-order valence-electron chi connectivity index (χ1n) is 9.34. The van der Waals surface area contributed by atoms with Crippen LogP contribution in [0.3, 0.4) is 0 Å². The highest BCUT2D eigenvalue weighted by Crippen LogP contribution is 2.24. The fourth-order valence-electron chi connectivity index (χ4n) is 3.87. The van der Waals surface area contributed by atoms with Crippen molar-refractivity contribution in [2.45, 2.75) is 19.4 Å². The standard InChI is InChI=1S/C22H20F2N2O2/c23-17-7-8-19(24)18(11-17)21(27)15-5-3-9-26(12-15)13-16-10-14-4-1-2-6-20(14)25-22(16)28/h1-2,4,6-8,10-11,15H,3,5,9,12-13H2,(H,25,28). The largest absolute Gasteiger partial charge is 0.322 e. The Morgan fingerprint density at radius 1 is 1.14 bits per heavy atom. The van der Waals surface area contributed by atoms with Crippen LogP contribution in [-0.2, 0) is 6.54 Å². The van der Waals surface area contributed by atoms with E-state index in [9.17, 15) is 18.4 Å². The molecule has 1 aliphatic rings. The molecule has 0 saturated carbocycles. The molecular weight excluding hydrogens is 362 g/mol. The van der Waals surface area contributed by atoms with Crippen LogP contribution in [-0.4, -0.2) is 28.8 Å². The molecule has 4 rings (SSSR count). The third-order valence-electron chi connectivity index (χ3n) is 5.29. The summed E-state index contributed by atoms with van der Waals surface area (Å²) in [6, 6.07) is 12.4. The maximum atomic E-state index is 14.0. The second kappa shape index (κ2) is 7.64. The van der Waals surface area contributed by atoms with Crippen LogP contribution in [0.2, 0.25) is 0 Å². The lowest BCUT2D eigenvalue weighted by atomic mass is 9.89. The predicted molar refractivity (Wildman–Crippen MR) is 103 cm³/mol. The summed E-state index contributed by atoms with van der Waals surface area (Å²) in [6.07, 6.45) is 1.39. The molecule has 1 aromatic heterocycles. The van der Waals surface area contributed by atoms with Crippen LogP contribution in [0.5, 0.6) is 0 Å². The van der Waals surface area contributed by atoms with Crippen LogP contribution < -0.4 is 5.56 Å². The van der Waals surface area contributed by atoms with Crippen molar-refractivity contribution in [2.24, 2.45) is 5.92 Å². The Morgan fingerprint density at radius 2 is 1.96 bits per heavy atom. The van der Waals surface area contributed by atoms with Gasteiger partial charge in [0.05, 0.1) is 5.56 Å². The fourth-order valence-corrected chi connectivity index (χ4v) is 3.87. The molecule has 6 heteroatoms. The molecule has 1 fully saturated rings. The molecule has 0 amide bonds. The normalized spacial score (nSPS) is 17.7. The number of carbonyl (C=O) groups is 1. The number of aromatic amines is 1. The number of aromatic nitrogens is 1. The molecule has 2 heterocycles. The molecule has 1 atom stereocenters. The summed E-state index contributed by atoms with van der Waals surface area (Å²) in [5, 5.41) is 0.948. The first kappa shape index (κ1) is 18.5. The molecule has 1 unspecified atom stereocenters. The SMILES string of the molecule is O=C(c1cc(F)ccc1F)C1CCCN(Cc2cc3ccccc3[nH]c2=O)C1. The van der Waals surface area contributed by atoms with Gasteiger partial charge in [-0.25, -0.2) is 8.78 Å². The molecule has 0 bridgehead atoms. The van der Waals surface area contributed by atoms with Crippen molar-refractivity contribution in [1.82, 2.24) is 9.88 Å². The number of halogens is 2. The number of hydrogen-bond acceptors (Lipinski definition) is 3. The highest BCUT2D eigenvalue weighted by Gasteiger charge is 2.28. The molecule has 1 aliphatic heterocycles. The van der Waals surface area contributed by atoms with Crippen molar-refractivity contribution in [3.63, 3.8) is 0 Å². The van der Waals surface area contributed by atoms with Gasteiger partial charge in [-0.3, -0.25) is 14.5 Å². The topological polar surface area (TPSA) is 53.2 Å². The van der Waals surface area contributed by atoms with E-state index in [1.165, 1.54) is 0 Å². The lowest BCUT2D eigenvalue weighted by Crippen LogP contribution is -2.39. The van der Waals surface area contributed by atoms with Crippen molar-refractivity contribution < 1.29 is 13.6 Å². The highest BCUT2D eigenvalue weighted by atomic mass is 19.1. The minimum atomic E-state index is -0.700. The van der Waals surface area contributed by atoms with Gasteiger partial charge < -0.3 is 4.98 Å². The van der Waals surface area contributed by atoms with Gasteiger partial charge in [0.1, 0.15) is 11.6 Å². The summed E-state index contributed by atoms with van der Waals surface area (Å²) in [4.78, 5) is 30.0. The van der Waals surface area contributed by atoms with E-state index in [4.69, 9.17) is 0 Å². The summed E-state index contributed by atoms with van der Waals surface area (Å²) in [5.41, 5.74) is 1.06. The van der Waals surface area contributed by atoms with Gasteiger partial charge in [0.15, 0.2) is 5.78 Å². The summed E-state index contributed by atoms with van der Waals surface area (Å²) in [6.45, 7) is 1.58. The number of nitrogens with zero attached hydrogens (tertiary/aromatic N) is 1. The molecule has 0 aliphatic carbocycles. The van der Waals surface area contributed by atoms with Crippen molar-refractivity contribution in [3.05, 3.63) is 81.6 Å². The van der Waals surface area contributed by atoms with E-state index >= 15 is 0 Å². The van der Waals surface area contributed by atoms with Crippen LogP contribution in [0.4, 0.5) is 8.78 Å². The third-order valence-corrected chi connectivity index (χ3v) is 5.29. The fraction of sp³-hybridized carbons (Fsp3) is 0.273. The van der Waals surface area contributed by atoms with Crippen LogP contribution in [0, 0.1) is 17.6 Å². The molecule has 0 radical (unpaired) electrons. The summed E-state index contributed by atoms with van der Waals surface area (Å²) >= 11 is 0. The van der Waals surface area contributed by atoms with Crippen LogP contribution in [0.1, 0.15) is 28.8 Å². The number of H-pyrrole nitrogens is 1. The van der Waals surface area contributed by atoms with Crippen LogP contribution >= 0.6 is 0 Å². The number of para-hydroxylation sites is 1. The Kier molecular flexibility index (Phi) is 5.05. The van der Waals surface area contributed by atoms with Gasteiger partial charge in [-0.1, -0.05) is 18.2 Å². The molecule has 4 nitrogen and oxygen atoms in total. The zero-order chi connectivity index (χ0) is 19.7. The Morgan fingerprint density at radius 3 is 2.82 bits per heavy atom. The van der Waals surface area contributed by atoms with E-state index < -0.39 is 17.6 Å². The first-order valence-corrected chi connectivity index (χ1v) is 9.34. The summed E-state index contributed by atoms with van der Waals surface area (Å²) in [5.74, 6) is -2.12. The Bertz CT molecular complexity index is 1090. The summed E-state index contributed by atoms with van der Waals surface area (Å²) in [7, 11) is 0. The van der Waals surface area contributed by atoms with Gasteiger partial charge >= 0.3 is 0 Å². The van der Waals surface area contributed by atoms with Gasteiger partial charge in [0.25, 0.3) is 5.56 Å². The Hall–Kier alpha value is -2.86. The second-order valence-electron chi connectivity index (χ2n) is 7.27. The van der Waals surface area contributed by atoms with Gasteiger partial charge in [-0.2, -0.15) is 0 Å². The zero-order valence-electron chi connectivity index (χ0n) is 15.3. The van der Waals surface area contributed by atoms with Gasteiger partial charge in [0.2, 0.25) is 0 Å². The number of pyridine rings is 1. The average Bonchev–Trinajstić information content (AvgIpc) is 2.70. The summed E-state index contributed by atoms with van der Waals surface area (Å²) < 4.78 is 27.4. The zero-order valence-corrected chi connectivity index (χ0v) is 15.3. The number of Topliss-reactive ketones (excluding diaryl/α,β-unsaturated/α-hetero) is 1. The average molecular weight is 382 g/mol. The number of ketones is 1. The predicted octanol–water partition coefficient (Wildman–Crippen LogP) is 3.90. The quantitative estimate of drug-likeness (QED) is 0.697. The van der Waals surface area contributed by atoms with E-state index in [-0.39, 0.29) is 16.9 Å². The van der Waals surface area contributed by atoms with Crippen molar-refractivity contribution in [2.75, 3.05) is 13.1 Å². The smallest absolute Gasteiger partial charge is 0.252 e. The highest BCUT2D eigenvalue weighted by molar-refractivity contribution is 5.98. The minimum absolute atomic E-state index is 0.150. The molecule has 1 N–H and O–H groups in total. The van der Waals surface area contributed by atoms with Crippen molar-refractivity contribution in [1.29, 1.82) is 0 Å². The van der Waals surface area contributed by atoms with Crippen molar-refractivity contribution in [3.8, 4) is 0 Å². The first-order chi connectivity index (χ1) is 13.5. The Labute approximate surface area is 160 Å². The van der Waals surface area contributed by atoms with E-state index in [1.54, 1.807) is 0 Å². The number of piperidine rings is 1. The lowest BCUT2D eigenvalue weighted by molar-refractivity contribution is 0.0806. The molecular formula is C22H20F2N2O2. The van der Waals surface area contributed by atoms with E-state index in [2.05, 4.69) is 4.98 Å². The number of likely N-dealkylation sites (tertiary alicyclic amines) is 1. The number of nitrogens with one attached hydrogen (secondary N) is 1. The Balaban J connectivity index is 1.53. The number of benzene rings is 2. The van der Waals surface area contributed by atoms with E-state index in [0.717, 1.165) is 42.1 Å². The molecule has 144 valence electrons. The maximum Gasteiger partial charge on any atom is 0.252 e. The third kappa shape index (κ3) is 3.73. The molecule has 1 saturated heterocycles. The number of hydrogen-bond donors (Lipinski definition) is 1. The van der Waals surface area contributed by atoms with Gasteiger partial charge in [-0.15, -0.1) is 0 Å².